The van der Waals surface area contributed by atoms with Crippen LogP contribution in [-0.4, -0.2) is 47.2 Å². The van der Waals surface area contributed by atoms with E-state index >= 15 is 0 Å². The lowest BCUT2D eigenvalue weighted by atomic mass is 10.1. The molecule has 4 heterocycles. The van der Waals surface area contributed by atoms with Gasteiger partial charge in [-0.2, -0.15) is 0 Å². The molecule has 0 spiro atoms. The quantitative estimate of drug-likeness (QED) is 0.457. The van der Waals surface area contributed by atoms with E-state index in [1.54, 1.807) is 0 Å². The highest BCUT2D eigenvalue weighted by Gasteiger charge is 2.38. The van der Waals surface area contributed by atoms with Gasteiger partial charge in [-0.05, 0) is 5.92 Å². The second-order valence-corrected chi connectivity index (χ2v) is 5.01. The molecule has 4 aliphatic heterocycles. The van der Waals surface area contributed by atoms with E-state index in [0.29, 0.717) is 0 Å². The minimum atomic E-state index is 0.962. The molecule has 0 saturated carbocycles. The molecule has 0 aromatic rings. The van der Waals surface area contributed by atoms with E-state index < -0.39 is 0 Å². The highest BCUT2D eigenvalue weighted by atomic mass is 31.1. The molecule has 0 amide bonds. The Bertz CT molecular complexity index is 105. The minimum Gasteiger partial charge on any atom is -0.276 e. The van der Waals surface area contributed by atoms with Gasteiger partial charge >= 0.3 is 0 Å². The summed E-state index contributed by atoms with van der Waals surface area (Å²) in [6.07, 6.45) is 0. The van der Waals surface area contributed by atoms with Crippen LogP contribution >= 0.6 is 8.88 Å². The predicted molar refractivity (Wildman–Crippen MR) is 41.7 cm³/mol. The lowest BCUT2D eigenvalue weighted by Crippen LogP contribution is -2.61. The van der Waals surface area contributed by atoms with Crippen molar-refractivity contribution in [1.29, 1.82) is 0 Å². The van der Waals surface area contributed by atoms with Crippen molar-refractivity contribution in [3.8, 4) is 0 Å². The van der Waals surface area contributed by atoms with Crippen LogP contribution in [0.15, 0.2) is 0 Å². The third-order valence-corrected chi connectivity index (χ3v) is 3.71. The zero-order valence-corrected chi connectivity index (χ0v) is 6.95. The van der Waals surface area contributed by atoms with Crippen LogP contribution in [-0.2, 0) is 0 Å². The third kappa shape index (κ3) is 0.751. The first-order chi connectivity index (χ1) is 4.90. The number of hydrogen-bond acceptors (Lipinski definition) is 3. The van der Waals surface area contributed by atoms with E-state index in [2.05, 4.69) is 14.2 Å². The molecule has 0 aromatic carbocycles. The van der Waals surface area contributed by atoms with Crippen LogP contribution in [0.5, 0.6) is 0 Å². The molecule has 56 valence electrons. The summed E-state index contributed by atoms with van der Waals surface area (Å²) >= 11 is 0. The molecule has 4 saturated heterocycles. The molecule has 0 radical (unpaired) electrons. The van der Waals surface area contributed by atoms with Gasteiger partial charge in [0.25, 0.3) is 0 Å². The third-order valence-electron chi connectivity index (χ3n) is 2.50. The van der Waals surface area contributed by atoms with Crippen LogP contribution in [0.25, 0.3) is 0 Å². The van der Waals surface area contributed by atoms with Gasteiger partial charge in [-0.15, -0.1) is 0 Å². The molecule has 2 atom stereocenters. The zero-order valence-electron chi connectivity index (χ0n) is 5.95. The zero-order chi connectivity index (χ0) is 6.55. The van der Waals surface area contributed by atoms with Crippen LogP contribution in [0.4, 0.5) is 0 Å². The average Bonchev–Trinajstić information content (AvgIpc) is 1.82. The van der Waals surface area contributed by atoms with E-state index in [9.17, 15) is 0 Å². The van der Waals surface area contributed by atoms with Crippen LogP contribution in [0, 0.1) is 5.92 Å². The van der Waals surface area contributed by atoms with Crippen molar-refractivity contribution in [2.45, 2.75) is 0 Å². The first-order valence-electron chi connectivity index (χ1n) is 3.89. The van der Waals surface area contributed by atoms with Gasteiger partial charge in [-0.1, -0.05) is 0 Å². The van der Waals surface area contributed by atoms with Gasteiger partial charge < -0.3 is 0 Å². The summed E-state index contributed by atoms with van der Waals surface area (Å²) in [5.74, 6) is 0.962. The molecule has 0 aromatic heterocycles. The lowest BCUT2D eigenvalue weighted by Gasteiger charge is -2.54. The molecular formula is C6H12N3P. The highest BCUT2D eigenvalue weighted by molar-refractivity contribution is 7.32. The van der Waals surface area contributed by atoms with E-state index in [4.69, 9.17) is 0 Å². The highest BCUT2D eigenvalue weighted by Crippen LogP contribution is 2.39. The maximum atomic E-state index is 2.57. The van der Waals surface area contributed by atoms with Gasteiger partial charge in [0.05, 0.1) is 13.3 Å². The van der Waals surface area contributed by atoms with Crippen molar-refractivity contribution < 1.29 is 0 Å². The van der Waals surface area contributed by atoms with E-state index in [-0.39, 0.29) is 0 Å². The Hall–Kier alpha value is 0.310. The molecule has 4 fully saturated rings. The van der Waals surface area contributed by atoms with Crippen LogP contribution < -0.4 is 0 Å². The monoisotopic (exact) mass is 157 g/mol. The molecule has 4 aliphatic rings. The number of hydrogen-bond donors (Lipinski definition) is 0. The summed E-state index contributed by atoms with van der Waals surface area (Å²) in [7, 11) is 0.995. The molecule has 4 heteroatoms. The first kappa shape index (κ1) is 5.90. The fourth-order valence-corrected chi connectivity index (χ4v) is 3.87. The van der Waals surface area contributed by atoms with Crippen molar-refractivity contribution in [2.75, 3.05) is 33.0 Å². The Morgan fingerprint density at radius 2 is 1.70 bits per heavy atom. The maximum absolute atomic E-state index is 2.57. The molecule has 4 bridgehead atoms. The Balaban J connectivity index is 1.90. The standard InChI is InChI=1S/C6H12N3P/c1-6-2-8-4-7(1)5-9(3-6)10-8/h6,10H,1-5H2. The molecule has 10 heavy (non-hydrogen) atoms. The van der Waals surface area contributed by atoms with Gasteiger partial charge in [0.15, 0.2) is 0 Å². The topological polar surface area (TPSA) is 9.72 Å². The second kappa shape index (κ2) is 1.92. The van der Waals surface area contributed by atoms with Crippen LogP contribution in [0.2, 0.25) is 0 Å². The van der Waals surface area contributed by atoms with Crippen molar-refractivity contribution >= 4 is 8.88 Å². The SMILES string of the molecule is C1C2CN3CN1CN(C2)P3. The van der Waals surface area contributed by atoms with Gasteiger partial charge in [-0.25, -0.2) is 0 Å². The molecule has 0 N–H and O–H groups in total. The van der Waals surface area contributed by atoms with Crippen molar-refractivity contribution in [3.63, 3.8) is 0 Å². The summed E-state index contributed by atoms with van der Waals surface area (Å²) in [6, 6.07) is 0. The van der Waals surface area contributed by atoms with E-state index in [1.165, 1.54) is 33.0 Å². The fourth-order valence-electron chi connectivity index (χ4n) is 2.27. The van der Waals surface area contributed by atoms with Gasteiger partial charge in [-0.3, -0.25) is 14.2 Å². The molecule has 0 aliphatic carbocycles. The largest absolute Gasteiger partial charge is 0.276 e. The van der Waals surface area contributed by atoms with Gasteiger partial charge in [0, 0.05) is 28.5 Å². The fraction of sp³-hybridized carbons (Fsp3) is 1.00. The summed E-state index contributed by atoms with van der Waals surface area (Å²) in [5.41, 5.74) is 0. The smallest absolute Gasteiger partial charge is 0.0563 e. The molecule has 4 rings (SSSR count). The number of rotatable bonds is 0. The van der Waals surface area contributed by atoms with Gasteiger partial charge in [0.2, 0.25) is 0 Å². The van der Waals surface area contributed by atoms with Crippen molar-refractivity contribution in [2.24, 2.45) is 5.92 Å². The van der Waals surface area contributed by atoms with Crippen LogP contribution in [0.3, 0.4) is 0 Å². The summed E-state index contributed by atoms with van der Waals surface area (Å²) in [6.45, 7) is 6.57. The first-order valence-corrected chi connectivity index (χ1v) is 4.78. The number of nitrogens with zero attached hydrogens (tertiary/aromatic N) is 3. The Kier molecular flexibility index (Phi) is 1.13. The summed E-state index contributed by atoms with van der Waals surface area (Å²) < 4.78 is 5.14. The Labute approximate surface area is 62.9 Å². The predicted octanol–water partition coefficient (Wildman–Crippen LogP) is -0.0271. The van der Waals surface area contributed by atoms with Gasteiger partial charge in [0.1, 0.15) is 0 Å². The average molecular weight is 157 g/mol. The molecule has 3 nitrogen and oxygen atoms in total. The van der Waals surface area contributed by atoms with Crippen molar-refractivity contribution in [1.82, 2.24) is 14.2 Å². The maximum Gasteiger partial charge on any atom is 0.0563 e. The Morgan fingerprint density at radius 1 is 1.00 bits per heavy atom. The summed E-state index contributed by atoms with van der Waals surface area (Å²) in [4.78, 5) is 2.55. The molecule has 2 unspecified atom stereocenters. The molecular weight excluding hydrogens is 145 g/mol. The van der Waals surface area contributed by atoms with Crippen molar-refractivity contribution in [3.05, 3.63) is 0 Å². The summed E-state index contributed by atoms with van der Waals surface area (Å²) in [5, 5.41) is 0. The lowest BCUT2D eigenvalue weighted by molar-refractivity contribution is -0.00539. The van der Waals surface area contributed by atoms with E-state index in [0.717, 1.165) is 14.8 Å². The minimum absolute atomic E-state index is 0.962. The van der Waals surface area contributed by atoms with Crippen LogP contribution in [0.1, 0.15) is 0 Å². The Morgan fingerprint density at radius 3 is 2.20 bits per heavy atom. The second-order valence-electron chi connectivity index (χ2n) is 3.55. The normalized spacial score (nSPS) is 60.0. The van der Waals surface area contributed by atoms with E-state index in [1.807, 2.05) is 0 Å².